The van der Waals surface area contributed by atoms with Crippen LogP contribution in [0.5, 0.6) is 0 Å². The van der Waals surface area contributed by atoms with E-state index in [1.165, 1.54) is 0 Å². The lowest BCUT2D eigenvalue weighted by Crippen LogP contribution is -2.70. The Kier molecular flexibility index (Phi) is 37.7. The van der Waals surface area contributed by atoms with Gasteiger partial charge >= 0.3 is 166 Å². The Hall–Kier alpha value is -2.48. The summed E-state index contributed by atoms with van der Waals surface area (Å²) in [6.07, 6.45) is -96.8. The van der Waals surface area contributed by atoms with Crippen LogP contribution in [-0.2, 0) is 281 Å². The van der Waals surface area contributed by atoms with Gasteiger partial charge in [0, 0.05) is 0 Å². The molecule has 0 bridgehead atoms. The Morgan fingerprint density at radius 2 is 0.331 bits per heavy atom. The molecule has 0 radical (unpaired) electrons. The Labute approximate surface area is 714 Å². The molecular formula is C37H64O74S16. The van der Waals surface area contributed by atoms with E-state index >= 15 is 0 Å². The minimum absolute atomic E-state index is 0.124. The van der Waals surface area contributed by atoms with Gasteiger partial charge < -0.3 is 47.4 Å². The predicted molar refractivity (Wildman–Crippen MR) is 363 cm³/mol. The summed E-state index contributed by atoms with van der Waals surface area (Å²) in [5, 5.41) is 0. The van der Waals surface area contributed by atoms with Crippen LogP contribution in [-0.4, -0.2) is 400 Å². The lowest BCUT2D eigenvalue weighted by Gasteiger charge is -2.51. The summed E-state index contributed by atoms with van der Waals surface area (Å²) >= 11 is 0. The third-order valence-corrected chi connectivity index (χ3v) is 23.2. The summed E-state index contributed by atoms with van der Waals surface area (Å²) in [5.74, 6) is -0.209. The number of rotatable bonds is 47. The van der Waals surface area contributed by atoms with Gasteiger partial charge in [-0.1, -0.05) is 6.92 Å². The molecule has 0 unspecified atom stereocenters. The van der Waals surface area contributed by atoms with Crippen molar-refractivity contribution in [2.24, 2.45) is 5.92 Å². The van der Waals surface area contributed by atoms with E-state index < -0.39 is 359 Å². The molecule has 6 aliphatic rings. The number of hydrogen-bond donors (Lipinski definition) is 16. The van der Waals surface area contributed by atoms with Crippen molar-refractivity contribution in [2.75, 3.05) is 33.0 Å². The average Bonchev–Trinajstić information content (AvgIpc) is 0.746. The molecule has 74 nitrogen and oxygen atoms in total. The third-order valence-electron chi connectivity index (χ3n) is 15.9. The van der Waals surface area contributed by atoms with Crippen molar-refractivity contribution in [1.82, 2.24) is 0 Å². The molecule has 127 heavy (non-hydrogen) atoms. The van der Waals surface area contributed by atoms with Crippen molar-refractivity contribution < 1.29 is 322 Å². The molecule has 1 aliphatic carbocycles. The fourth-order valence-electron chi connectivity index (χ4n) is 11.9. The Bertz CT molecular complexity index is 5780. The molecule has 6 fully saturated rings. The van der Waals surface area contributed by atoms with Crippen LogP contribution in [0.25, 0.3) is 0 Å². The van der Waals surface area contributed by atoms with E-state index in [0.717, 1.165) is 0 Å². The second-order valence-corrected chi connectivity index (χ2v) is 42.1. The van der Waals surface area contributed by atoms with Crippen molar-refractivity contribution >= 4 is 166 Å². The molecule has 25 atom stereocenters. The van der Waals surface area contributed by atoms with Gasteiger partial charge in [-0.2, -0.15) is 135 Å². The van der Waals surface area contributed by atoms with Gasteiger partial charge in [0.1, 0.15) is 91.6 Å². The van der Waals surface area contributed by atoms with Crippen LogP contribution in [0, 0.1) is 5.92 Å². The van der Waals surface area contributed by atoms with Gasteiger partial charge in [0.25, 0.3) is 0 Å². The highest BCUT2D eigenvalue weighted by molar-refractivity contribution is 7.84. The zero-order chi connectivity index (χ0) is 97.3. The first kappa shape index (κ1) is 113. The van der Waals surface area contributed by atoms with Crippen molar-refractivity contribution in [2.45, 2.75) is 192 Å². The van der Waals surface area contributed by atoms with Gasteiger partial charge in [0.15, 0.2) is 62.0 Å². The molecule has 0 aromatic heterocycles. The standard InChI is InChI=1S/C37H64O74S16/c1-11-2-4-12(5-3-11)91-33-28(107-123(71,72)73)23(18(101-117(53,54)55)13(92-33)6-86-112(38,39)40)97-34-29(108-124(74,75)76)24(19(102-118(56,57)58)14(93-34)7-87-113(41,42)43)98-35-30(109-125(77,78)79)25(20(103-119(59,60)61)15(94-35)8-88-114(44,45)46)99-36-31(110-126(80,81)82)26(21(104-120(62,63)64)16(95-36)9-89-115(47,48)49)100-37-32(111-127(83,84)85)27(106-122(68,69)70)22(105-121(65,66)67)17(96-37)10-90-116(50,51)52/h11-37H,2-10H2,1H3,(H,38,39,40)(H,41,42,43)(H,44,45,46)(H,47,48,49)(H,50,51,52)(H,53,54,55)(H,56,57,58)(H,59,60,61)(H,62,63,64)(H,65,66,67)(H,68,69,70)(H,71,72,73)(H,74,75,76)(H,77,78,79)(H,80,81,82)(H,83,84,85)/t11?,12?,13-,14-,15-,16-,17-,18-,19-,20-,21-,22-,23+,24+,25+,26+,27+,28-,29-,30-,31-,32-,33-,34+,35+,36+,37+/m1/s1. The molecule has 6 rings (SSSR count). The lowest BCUT2D eigenvalue weighted by molar-refractivity contribution is -0.386. The predicted octanol–water partition coefficient (Wildman–Crippen LogP) is -12.1. The van der Waals surface area contributed by atoms with Crippen molar-refractivity contribution in [3.8, 4) is 0 Å². The second kappa shape index (κ2) is 42.2. The Morgan fingerprint density at radius 1 is 0.189 bits per heavy atom. The molecule has 0 spiro atoms. The molecule has 0 aromatic carbocycles. The SMILES string of the molecule is CC1CCC(O[C@@H]2O[C@H](COS(=O)(=O)O)[C@@H](OS(=O)(=O)O)[C@H](O[C@@H]3O[C@H](COS(=O)(=O)O)[C@@H](OS(=O)(=O)O)[C@H](O[C@@H]4O[C@H](COS(=O)(=O)O)[C@@H](OS(=O)(=O)O)[C@H](O[C@@H]5O[C@H](COS(=O)(=O)O)[C@@H](OS(=O)(=O)O)[C@H](O[C@@H]6O[C@H](COS(=O)(=O)O)[C@@H](OS(=O)(=O)O)[C@H](OS(=O)(=O)O)[C@H]6OS(=O)(=O)O)[C@H]5OS(=O)(=O)O)[C@H]4OS(=O)(=O)O)[C@H]3OS(=O)(=O)O)[C@H]2OS(=O)(=O)O)CC1. The lowest BCUT2D eigenvalue weighted by atomic mass is 9.89. The summed E-state index contributed by atoms with van der Waals surface area (Å²) in [4.78, 5) is 0. The molecule has 0 aromatic rings. The fraction of sp³-hybridized carbons (Fsp3) is 1.00. The molecule has 0 amide bonds. The quantitative estimate of drug-likeness (QED) is 0.0252. The van der Waals surface area contributed by atoms with Crippen molar-refractivity contribution in [3.05, 3.63) is 0 Å². The van der Waals surface area contributed by atoms with Gasteiger partial charge in [-0.15, -0.1) is 0 Å². The number of ether oxygens (including phenoxy) is 10. The average molecular weight is 2210 g/mol. The van der Waals surface area contributed by atoms with E-state index in [0.29, 0.717) is 0 Å². The molecule has 90 heteroatoms. The molecule has 1 saturated carbocycles. The first-order valence-corrected chi connectivity index (χ1v) is 53.4. The molecule has 752 valence electrons. The topological polar surface area (TPSA) is 1110 Å². The first-order valence-electron chi connectivity index (χ1n) is 31.6. The minimum atomic E-state index is -7.12. The van der Waals surface area contributed by atoms with E-state index in [2.05, 4.69) is 66.9 Å². The Balaban J connectivity index is 1.80. The van der Waals surface area contributed by atoms with E-state index in [1.807, 2.05) is 0 Å². The van der Waals surface area contributed by atoms with Gasteiger partial charge in [-0.05, 0) is 31.6 Å². The van der Waals surface area contributed by atoms with Crippen LogP contribution < -0.4 is 0 Å². The normalized spacial score (nSPS) is 34.1. The zero-order valence-electron chi connectivity index (χ0n) is 60.3. The van der Waals surface area contributed by atoms with E-state index in [4.69, 9.17) is 47.4 Å². The van der Waals surface area contributed by atoms with Crippen molar-refractivity contribution in [3.63, 3.8) is 0 Å². The van der Waals surface area contributed by atoms with Crippen LogP contribution >= 0.6 is 0 Å². The van der Waals surface area contributed by atoms with E-state index in [9.17, 15) is 208 Å². The maximum atomic E-state index is 13.4. The van der Waals surface area contributed by atoms with Crippen LogP contribution in [0.4, 0.5) is 0 Å². The maximum Gasteiger partial charge on any atom is 0.397 e. The molecule has 16 N–H and O–H groups in total. The monoisotopic (exact) mass is 2200 g/mol. The largest absolute Gasteiger partial charge is 0.397 e. The zero-order valence-corrected chi connectivity index (χ0v) is 73.4. The molecule has 5 saturated heterocycles. The van der Waals surface area contributed by atoms with Gasteiger partial charge in [0.2, 0.25) is 0 Å². The van der Waals surface area contributed by atoms with Crippen LogP contribution in [0.2, 0.25) is 0 Å². The van der Waals surface area contributed by atoms with Crippen LogP contribution in [0.1, 0.15) is 32.6 Å². The highest BCUT2D eigenvalue weighted by Gasteiger charge is 2.65. The summed E-state index contributed by atoms with van der Waals surface area (Å²) in [6, 6.07) is 0. The van der Waals surface area contributed by atoms with Gasteiger partial charge in [-0.25, -0.2) is 66.9 Å². The first-order chi connectivity index (χ1) is 56.7. The third kappa shape index (κ3) is 40.4. The van der Waals surface area contributed by atoms with Crippen LogP contribution in [0.15, 0.2) is 0 Å². The highest BCUT2D eigenvalue weighted by Crippen LogP contribution is 2.44. The summed E-state index contributed by atoms with van der Waals surface area (Å²) < 4.78 is 690. The van der Waals surface area contributed by atoms with E-state index in [1.54, 1.807) is 6.92 Å². The van der Waals surface area contributed by atoms with Gasteiger partial charge in [0.05, 0.1) is 39.1 Å². The minimum Gasteiger partial charge on any atom is -0.347 e. The Morgan fingerprint density at radius 3 is 0.496 bits per heavy atom. The van der Waals surface area contributed by atoms with Gasteiger partial charge in [-0.3, -0.25) is 72.8 Å². The molecule has 5 aliphatic heterocycles. The van der Waals surface area contributed by atoms with Crippen molar-refractivity contribution in [1.29, 1.82) is 0 Å². The second-order valence-electron chi connectivity index (χ2n) is 25.1. The molecular weight excluding hydrogens is 2140 g/mol. The van der Waals surface area contributed by atoms with E-state index in [-0.39, 0.29) is 31.6 Å². The summed E-state index contributed by atoms with van der Waals surface area (Å²) in [6.45, 7) is -10.3. The maximum absolute atomic E-state index is 13.4. The highest BCUT2D eigenvalue weighted by atomic mass is 32.3. The summed E-state index contributed by atoms with van der Waals surface area (Å²) in [7, 11) is -106. The summed E-state index contributed by atoms with van der Waals surface area (Å²) in [5.41, 5.74) is 0. The number of hydrogen-bond acceptors (Lipinski definition) is 58. The molecule has 5 heterocycles. The van der Waals surface area contributed by atoms with Crippen LogP contribution in [0.3, 0.4) is 0 Å². The fourth-order valence-corrected chi connectivity index (χ4v) is 18.9. The smallest absolute Gasteiger partial charge is 0.347 e.